The first-order valence-electron chi connectivity index (χ1n) is 10.8. The summed E-state index contributed by atoms with van der Waals surface area (Å²) in [7, 11) is 0. The zero-order valence-electron chi connectivity index (χ0n) is 18.3. The Balaban J connectivity index is 1.54. The first-order chi connectivity index (χ1) is 16.1. The topological polar surface area (TPSA) is 78.5 Å². The van der Waals surface area contributed by atoms with Gasteiger partial charge >= 0.3 is 0 Å². The minimum absolute atomic E-state index is 0.279. The summed E-state index contributed by atoms with van der Waals surface area (Å²) in [6, 6.07) is 22.4. The summed E-state index contributed by atoms with van der Waals surface area (Å²) >= 11 is 5.95. The van der Waals surface area contributed by atoms with Crippen molar-refractivity contribution >= 4 is 40.1 Å². The number of aromatic nitrogens is 1. The first-order valence-corrected chi connectivity index (χ1v) is 11.2. The lowest BCUT2D eigenvalue weighted by molar-refractivity contribution is 0.0977. The number of para-hydroxylation sites is 3. The number of guanidine groups is 1. The normalized spacial score (nSPS) is 11.4. The number of aromatic amines is 1. The summed E-state index contributed by atoms with van der Waals surface area (Å²) in [6.45, 7) is 2.94. The number of nitrogens with zero attached hydrogens (tertiary/aromatic N) is 1. The van der Waals surface area contributed by atoms with Gasteiger partial charge in [0, 0.05) is 34.2 Å². The fourth-order valence-corrected chi connectivity index (χ4v) is 3.62. The summed E-state index contributed by atoms with van der Waals surface area (Å²) in [5.41, 5.74) is 3.48. The van der Waals surface area contributed by atoms with Crippen molar-refractivity contribution in [2.24, 2.45) is 4.99 Å². The average molecular weight is 461 g/mol. The number of rotatable bonds is 7. The second-order valence-corrected chi connectivity index (χ2v) is 7.79. The van der Waals surface area contributed by atoms with Gasteiger partial charge in [-0.2, -0.15) is 0 Å². The Bertz CT molecular complexity index is 1260. The van der Waals surface area contributed by atoms with Gasteiger partial charge in [-0.25, -0.2) is 0 Å². The van der Waals surface area contributed by atoms with E-state index in [1.807, 2.05) is 55.6 Å². The third-order valence-corrected chi connectivity index (χ3v) is 5.36. The average Bonchev–Trinajstić information content (AvgIpc) is 3.24. The van der Waals surface area contributed by atoms with E-state index in [4.69, 9.17) is 16.3 Å². The maximum absolute atomic E-state index is 12.8. The van der Waals surface area contributed by atoms with Gasteiger partial charge in [-0.3, -0.25) is 15.1 Å². The van der Waals surface area contributed by atoms with Gasteiger partial charge in [-0.15, -0.1) is 0 Å². The largest absolute Gasteiger partial charge is 0.492 e. The zero-order chi connectivity index (χ0) is 23.0. The van der Waals surface area contributed by atoms with E-state index in [9.17, 15) is 4.79 Å². The van der Waals surface area contributed by atoms with Gasteiger partial charge < -0.3 is 15.0 Å². The molecule has 0 saturated heterocycles. The molecule has 0 aliphatic carbocycles. The molecule has 0 radical (unpaired) electrons. The standard InChI is InChI=1S/C26H25ClN4O2/c1-2-33-24-10-6-5-9-23(24)30-26(31-25(32)18-11-13-20(27)14-12-18)28-16-15-19-17-29-22-8-4-3-7-21(19)22/h3-14,17,29H,2,15-16H2,1H3,(H2,28,30,31,32). The predicted molar refractivity (Wildman–Crippen MR) is 134 cm³/mol. The van der Waals surface area contributed by atoms with Crippen molar-refractivity contribution in [1.29, 1.82) is 0 Å². The van der Waals surface area contributed by atoms with Gasteiger partial charge in [-0.1, -0.05) is 41.9 Å². The number of hydrogen-bond acceptors (Lipinski definition) is 3. The first kappa shape index (κ1) is 22.4. The highest BCUT2D eigenvalue weighted by Crippen LogP contribution is 2.24. The van der Waals surface area contributed by atoms with Crippen molar-refractivity contribution in [1.82, 2.24) is 10.3 Å². The fraction of sp³-hybridized carbons (Fsp3) is 0.154. The van der Waals surface area contributed by atoms with Gasteiger partial charge in [0.05, 0.1) is 12.3 Å². The lowest BCUT2D eigenvalue weighted by Crippen LogP contribution is -2.36. The molecule has 33 heavy (non-hydrogen) atoms. The zero-order valence-corrected chi connectivity index (χ0v) is 19.0. The minimum Gasteiger partial charge on any atom is -0.492 e. The van der Waals surface area contributed by atoms with E-state index in [1.165, 1.54) is 10.9 Å². The second-order valence-electron chi connectivity index (χ2n) is 7.36. The number of benzene rings is 3. The summed E-state index contributed by atoms with van der Waals surface area (Å²) in [5.74, 6) is 0.755. The molecule has 0 unspecified atom stereocenters. The number of aliphatic imine (C=N–C) groups is 1. The smallest absolute Gasteiger partial charge is 0.257 e. The Kier molecular flexibility index (Phi) is 7.27. The molecule has 0 atom stereocenters. The number of ether oxygens (including phenoxy) is 1. The van der Waals surface area contributed by atoms with Crippen LogP contribution in [0.4, 0.5) is 5.69 Å². The molecular weight excluding hydrogens is 436 g/mol. The predicted octanol–water partition coefficient (Wildman–Crippen LogP) is 5.66. The number of nitrogens with one attached hydrogen (secondary N) is 3. The number of H-pyrrole nitrogens is 1. The molecule has 7 heteroatoms. The molecule has 168 valence electrons. The van der Waals surface area contributed by atoms with Crippen LogP contribution in [0.3, 0.4) is 0 Å². The van der Waals surface area contributed by atoms with Crippen LogP contribution in [0.2, 0.25) is 5.02 Å². The molecule has 1 aromatic heterocycles. The van der Waals surface area contributed by atoms with E-state index < -0.39 is 0 Å². The van der Waals surface area contributed by atoms with Gasteiger partial charge in [0.25, 0.3) is 5.91 Å². The van der Waals surface area contributed by atoms with Crippen molar-refractivity contribution in [3.8, 4) is 5.75 Å². The summed E-state index contributed by atoms with van der Waals surface area (Å²) in [4.78, 5) is 20.8. The molecule has 3 N–H and O–H groups in total. The molecule has 0 fully saturated rings. The number of carbonyl (C=O) groups is 1. The van der Waals surface area contributed by atoms with Crippen molar-refractivity contribution in [3.63, 3.8) is 0 Å². The van der Waals surface area contributed by atoms with Crippen molar-refractivity contribution in [3.05, 3.63) is 95.1 Å². The third kappa shape index (κ3) is 5.73. The van der Waals surface area contributed by atoms with Crippen LogP contribution in [0.25, 0.3) is 10.9 Å². The number of fused-ring (bicyclic) bond motifs is 1. The highest BCUT2D eigenvalue weighted by atomic mass is 35.5. The molecular formula is C26H25ClN4O2. The van der Waals surface area contributed by atoms with Crippen LogP contribution < -0.4 is 15.4 Å². The van der Waals surface area contributed by atoms with E-state index in [0.717, 1.165) is 17.6 Å². The molecule has 0 aliphatic heterocycles. The summed E-state index contributed by atoms with van der Waals surface area (Å²) in [6.07, 6.45) is 2.73. The van der Waals surface area contributed by atoms with E-state index in [-0.39, 0.29) is 5.91 Å². The molecule has 0 bridgehead atoms. The number of hydrogen-bond donors (Lipinski definition) is 3. The van der Waals surface area contributed by atoms with Crippen molar-refractivity contribution < 1.29 is 9.53 Å². The molecule has 0 saturated carbocycles. The summed E-state index contributed by atoms with van der Waals surface area (Å²) < 4.78 is 5.70. The van der Waals surface area contributed by atoms with E-state index in [1.54, 1.807) is 24.3 Å². The van der Waals surface area contributed by atoms with E-state index in [0.29, 0.717) is 35.4 Å². The van der Waals surface area contributed by atoms with Gasteiger partial charge in [0.15, 0.2) is 0 Å². The second kappa shape index (κ2) is 10.7. The Morgan fingerprint density at radius 3 is 2.61 bits per heavy atom. The molecule has 6 nitrogen and oxygen atoms in total. The molecule has 0 aliphatic rings. The van der Waals surface area contributed by atoms with Crippen LogP contribution in [-0.2, 0) is 6.42 Å². The quantitative estimate of drug-likeness (QED) is 0.246. The van der Waals surface area contributed by atoms with Gasteiger partial charge in [0.1, 0.15) is 5.75 Å². The molecule has 4 rings (SSSR count). The van der Waals surface area contributed by atoms with Crippen LogP contribution in [0.15, 0.2) is 84.0 Å². The van der Waals surface area contributed by atoms with Crippen LogP contribution in [0.5, 0.6) is 5.75 Å². The van der Waals surface area contributed by atoms with Gasteiger partial charge in [-0.05, 0) is 61.4 Å². The Hall–Kier alpha value is -3.77. The number of anilines is 1. The molecule has 0 spiro atoms. The number of carbonyl (C=O) groups excluding carboxylic acids is 1. The van der Waals surface area contributed by atoms with Crippen molar-refractivity contribution in [2.45, 2.75) is 13.3 Å². The van der Waals surface area contributed by atoms with E-state index >= 15 is 0 Å². The minimum atomic E-state index is -0.279. The van der Waals surface area contributed by atoms with Crippen LogP contribution in [0.1, 0.15) is 22.8 Å². The number of amides is 1. The lowest BCUT2D eigenvalue weighted by atomic mass is 10.1. The fourth-order valence-electron chi connectivity index (χ4n) is 3.50. The maximum atomic E-state index is 12.8. The third-order valence-electron chi connectivity index (χ3n) is 5.10. The molecule has 3 aromatic carbocycles. The van der Waals surface area contributed by atoms with Crippen LogP contribution in [-0.4, -0.2) is 30.0 Å². The lowest BCUT2D eigenvalue weighted by Gasteiger charge is -2.15. The van der Waals surface area contributed by atoms with Gasteiger partial charge in [0.2, 0.25) is 5.96 Å². The van der Waals surface area contributed by atoms with Crippen LogP contribution in [0, 0.1) is 0 Å². The number of halogens is 1. The van der Waals surface area contributed by atoms with Crippen LogP contribution >= 0.6 is 11.6 Å². The highest BCUT2D eigenvalue weighted by molar-refractivity contribution is 6.30. The molecule has 1 heterocycles. The Morgan fingerprint density at radius 2 is 1.79 bits per heavy atom. The van der Waals surface area contributed by atoms with Crippen molar-refractivity contribution in [2.75, 3.05) is 18.5 Å². The monoisotopic (exact) mass is 460 g/mol. The Morgan fingerprint density at radius 1 is 1.03 bits per heavy atom. The molecule has 4 aromatic rings. The molecule has 1 amide bonds. The maximum Gasteiger partial charge on any atom is 0.257 e. The Labute approximate surface area is 197 Å². The van der Waals surface area contributed by atoms with E-state index in [2.05, 4.69) is 26.7 Å². The summed E-state index contributed by atoms with van der Waals surface area (Å²) in [5, 5.41) is 7.85. The SMILES string of the molecule is CCOc1ccccc1NC(=NCCc1c[nH]c2ccccc12)NC(=O)c1ccc(Cl)cc1. The highest BCUT2D eigenvalue weighted by Gasteiger charge is 2.12.